The van der Waals surface area contributed by atoms with Gasteiger partial charge in [0.1, 0.15) is 6.21 Å². The van der Waals surface area contributed by atoms with Crippen LogP contribution in [0, 0.1) is 0 Å². The van der Waals surface area contributed by atoms with E-state index in [1.165, 1.54) is 25.7 Å². The Morgan fingerprint density at radius 2 is 2.06 bits per heavy atom. The van der Waals surface area contributed by atoms with E-state index in [1.54, 1.807) is 0 Å². The minimum absolute atomic E-state index is 0.342. The molecular formula is C11H21N3O2. The molecule has 5 heteroatoms. The Labute approximate surface area is 96.5 Å². The summed E-state index contributed by atoms with van der Waals surface area (Å²) in [4.78, 5) is 13.5. The second-order valence-electron chi connectivity index (χ2n) is 4.29. The summed E-state index contributed by atoms with van der Waals surface area (Å²) >= 11 is 0. The van der Waals surface area contributed by atoms with Crippen molar-refractivity contribution >= 4 is 12.1 Å². The number of hydrogen-bond donors (Lipinski definition) is 2. The Bertz CT molecular complexity index is 235. The van der Waals surface area contributed by atoms with Crippen molar-refractivity contribution in [1.29, 1.82) is 0 Å². The molecule has 1 amide bonds. The van der Waals surface area contributed by atoms with E-state index >= 15 is 0 Å². The lowest BCUT2D eigenvalue weighted by atomic mass is 10.2. The fourth-order valence-electron chi connectivity index (χ4n) is 2.01. The minimum Gasteiger partial charge on any atom is -0.411 e. The lowest BCUT2D eigenvalue weighted by Crippen LogP contribution is -2.42. The second kappa shape index (κ2) is 7.22. The fraction of sp³-hybridized carbons (Fsp3) is 0.818. The van der Waals surface area contributed by atoms with Gasteiger partial charge in [0.2, 0.25) is 0 Å². The van der Waals surface area contributed by atoms with Crippen molar-refractivity contribution in [2.24, 2.45) is 5.16 Å². The molecule has 1 rings (SSSR count). The summed E-state index contributed by atoms with van der Waals surface area (Å²) in [5.41, 5.74) is 0. The first-order valence-corrected chi connectivity index (χ1v) is 5.93. The van der Waals surface area contributed by atoms with E-state index in [0.717, 1.165) is 19.3 Å². The van der Waals surface area contributed by atoms with Crippen molar-refractivity contribution in [2.75, 3.05) is 19.6 Å². The average molecular weight is 227 g/mol. The van der Waals surface area contributed by atoms with E-state index in [0.29, 0.717) is 12.6 Å². The van der Waals surface area contributed by atoms with Crippen molar-refractivity contribution in [3.63, 3.8) is 0 Å². The summed E-state index contributed by atoms with van der Waals surface area (Å²) in [6.07, 6.45) is 6.00. The van der Waals surface area contributed by atoms with Gasteiger partial charge in [0, 0.05) is 12.6 Å². The van der Waals surface area contributed by atoms with Crippen LogP contribution in [0.25, 0.3) is 0 Å². The Morgan fingerprint density at radius 3 is 2.62 bits per heavy atom. The molecule has 1 unspecified atom stereocenters. The third kappa shape index (κ3) is 4.61. The molecule has 2 N–H and O–H groups in total. The molecule has 1 aliphatic rings. The molecule has 0 aromatic rings. The highest BCUT2D eigenvalue weighted by molar-refractivity contribution is 6.25. The molecule has 0 aliphatic carbocycles. The summed E-state index contributed by atoms with van der Waals surface area (Å²) in [6, 6.07) is 0.342. The molecule has 16 heavy (non-hydrogen) atoms. The van der Waals surface area contributed by atoms with Gasteiger partial charge in [-0.25, -0.2) is 0 Å². The van der Waals surface area contributed by atoms with Gasteiger partial charge >= 0.3 is 0 Å². The molecule has 0 aromatic carbocycles. The van der Waals surface area contributed by atoms with Crippen LogP contribution in [0.4, 0.5) is 0 Å². The van der Waals surface area contributed by atoms with Gasteiger partial charge < -0.3 is 10.5 Å². The average Bonchev–Trinajstić information content (AvgIpc) is 2.55. The van der Waals surface area contributed by atoms with Crippen LogP contribution in [-0.2, 0) is 4.79 Å². The topological polar surface area (TPSA) is 64.9 Å². The highest BCUT2D eigenvalue weighted by Crippen LogP contribution is 2.11. The second-order valence-corrected chi connectivity index (χ2v) is 4.29. The monoisotopic (exact) mass is 227 g/mol. The van der Waals surface area contributed by atoms with Crippen LogP contribution in [0.15, 0.2) is 5.16 Å². The molecule has 0 saturated carbocycles. The van der Waals surface area contributed by atoms with Crippen molar-refractivity contribution in [2.45, 2.75) is 38.6 Å². The summed E-state index contributed by atoms with van der Waals surface area (Å²) in [7, 11) is 0. The Morgan fingerprint density at radius 1 is 1.44 bits per heavy atom. The zero-order valence-corrected chi connectivity index (χ0v) is 9.85. The number of amides is 1. The summed E-state index contributed by atoms with van der Waals surface area (Å²) in [5.74, 6) is -0.343. The number of carbonyl (C=O) groups excluding carboxylic acids is 1. The van der Waals surface area contributed by atoms with E-state index in [1.807, 2.05) is 0 Å². The SMILES string of the molecule is CC(CNC(=O)/C=N/O)N1CCCCCC1. The summed E-state index contributed by atoms with van der Waals surface area (Å²) < 4.78 is 0. The first-order valence-electron chi connectivity index (χ1n) is 5.93. The maximum Gasteiger partial charge on any atom is 0.265 e. The van der Waals surface area contributed by atoms with E-state index in [4.69, 9.17) is 5.21 Å². The number of rotatable bonds is 4. The van der Waals surface area contributed by atoms with Gasteiger partial charge in [0.15, 0.2) is 0 Å². The van der Waals surface area contributed by atoms with E-state index in [9.17, 15) is 4.79 Å². The minimum atomic E-state index is -0.343. The van der Waals surface area contributed by atoms with Crippen LogP contribution in [0.1, 0.15) is 32.6 Å². The summed E-state index contributed by atoms with van der Waals surface area (Å²) in [6.45, 7) is 4.95. The first kappa shape index (κ1) is 13.0. The van der Waals surface area contributed by atoms with Crippen LogP contribution in [0.5, 0.6) is 0 Å². The molecule has 0 spiro atoms. The number of nitrogens with zero attached hydrogens (tertiary/aromatic N) is 2. The molecule has 0 radical (unpaired) electrons. The van der Waals surface area contributed by atoms with Crippen molar-refractivity contribution in [3.05, 3.63) is 0 Å². The van der Waals surface area contributed by atoms with Crippen molar-refractivity contribution in [3.8, 4) is 0 Å². The smallest absolute Gasteiger partial charge is 0.265 e. The Kier molecular flexibility index (Phi) is 5.85. The van der Waals surface area contributed by atoms with Gasteiger partial charge in [-0.3, -0.25) is 9.69 Å². The third-order valence-corrected chi connectivity index (χ3v) is 3.01. The third-order valence-electron chi connectivity index (χ3n) is 3.01. The molecule has 92 valence electrons. The number of likely N-dealkylation sites (tertiary alicyclic amines) is 1. The standard InChI is InChI=1S/C11H21N3O2/c1-10(8-12-11(15)9-13-16)14-6-4-2-3-5-7-14/h9-10,16H,2-8H2,1H3,(H,12,15)/b13-9+. The quantitative estimate of drug-likeness (QED) is 0.425. The van der Waals surface area contributed by atoms with Crippen LogP contribution in [0.2, 0.25) is 0 Å². The summed E-state index contributed by atoms with van der Waals surface area (Å²) in [5, 5.41) is 13.6. The highest BCUT2D eigenvalue weighted by Gasteiger charge is 2.15. The molecule has 5 nitrogen and oxygen atoms in total. The normalized spacial score (nSPS) is 20.6. The number of hydrogen-bond acceptors (Lipinski definition) is 4. The van der Waals surface area contributed by atoms with Gasteiger partial charge in [-0.15, -0.1) is 0 Å². The van der Waals surface area contributed by atoms with Crippen LogP contribution in [0.3, 0.4) is 0 Å². The number of oxime groups is 1. The van der Waals surface area contributed by atoms with Gasteiger partial charge in [0.05, 0.1) is 0 Å². The van der Waals surface area contributed by atoms with E-state index in [2.05, 4.69) is 22.3 Å². The molecular weight excluding hydrogens is 206 g/mol. The van der Waals surface area contributed by atoms with Gasteiger partial charge in [0.25, 0.3) is 5.91 Å². The molecule has 1 heterocycles. The number of carbonyl (C=O) groups is 1. The van der Waals surface area contributed by atoms with Crippen LogP contribution in [-0.4, -0.2) is 47.9 Å². The zero-order chi connectivity index (χ0) is 11.8. The highest BCUT2D eigenvalue weighted by atomic mass is 16.4. The molecule has 1 fully saturated rings. The lowest BCUT2D eigenvalue weighted by Gasteiger charge is -2.27. The van der Waals surface area contributed by atoms with E-state index in [-0.39, 0.29) is 5.91 Å². The van der Waals surface area contributed by atoms with Crippen LogP contribution >= 0.6 is 0 Å². The molecule has 0 bridgehead atoms. The molecule has 1 aliphatic heterocycles. The Hall–Kier alpha value is -1.10. The van der Waals surface area contributed by atoms with Gasteiger partial charge in [-0.2, -0.15) is 0 Å². The Balaban J connectivity index is 2.27. The molecule has 1 saturated heterocycles. The van der Waals surface area contributed by atoms with Crippen molar-refractivity contribution < 1.29 is 10.0 Å². The van der Waals surface area contributed by atoms with Gasteiger partial charge in [-0.05, 0) is 32.9 Å². The maximum atomic E-state index is 11.1. The largest absolute Gasteiger partial charge is 0.411 e. The van der Waals surface area contributed by atoms with E-state index < -0.39 is 0 Å². The fourth-order valence-corrected chi connectivity index (χ4v) is 2.01. The lowest BCUT2D eigenvalue weighted by molar-refractivity contribution is -0.114. The zero-order valence-electron chi connectivity index (χ0n) is 9.85. The predicted molar refractivity (Wildman–Crippen MR) is 62.8 cm³/mol. The number of nitrogens with one attached hydrogen (secondary N) is 1. The molecule has 1 atom stereocenters. The predicted octanol–water partition coefficient (Wildman–Crippen LogP) is 0.827. The molecule has 0 aromatic heterocycles. The van der Waals surface area contributed by atoms with Crippen LogP contribution < -0.4 is 5.32 Å². The maximum absolute atomic E-state index is 11.1. The van der Waals surface area contributed by atoms with Gasteiger partial charge in [-0.1, -0.05) is 18.0 Å². The first-order chi connectivity index (χ1) is 7.74. The van der Waals surface area contributed by atoms with Crippen molar-refractivity contribution in [1.82, 2.24) is 10.2 Å².